The van der Waals surface area contributed by atoms with E-state index < -0.39 is 0 Å². The van der Waals surface area contributed by atoms with Crippen LogP contribution in [0.25, 0.3) is 0 Å². The van der Waals surface area contributed by atoms with Crippen LogP contribution in [-0.4, -0.2) is 24.5 Å². The molecule has 0 aliphatic heterocycles. The van der Waals surface area contributed by atoms with Crippen LogP contribution in [0.2, 0.25) is 0 Å². The summed E-state index contributed by atoms with van der Waals surface area (Å²) < 4.78 is 4.00. The topological polar surface area (TPSA) is 48.5 Å². The summed E-state index contributed by atoms with van der Waals surface area (Å²) in [5.74, 6) is 0.950. The maximum atomic E-state index is 6.36. The Morgan fingerprint density at radius 3 is 2.52 bits per heavy atom. The van der Waals surface area contributed by atoms with Crippen LogP contribution in [-0.2, 0) is 25.9 Å². The lowest BCUT2D eigenvalue weighted by Crippen LogP contribution is -2.13. The van der Waals surface area contributed by atoms with Crippen molar-refractivity contribution in [2.75, 3.05) is 0 Å². The Morgan fingerprint density at radius 1 is 1.19 bits per heavy atom. The monoisotopic (exact) mass is 309 g/mol. The van der Waals surface area contributed by atoms with Crippen LogP contribution in [0, 0.1) is 0 Å². The van der Waals surface area contributed by atoms with Crippen molar-refractivity contribution in [1.82, 2.24) is 24.5 Å². The van der Waals surface area contributed by atoms with Gasteiger partial charge in [-0.2, -0.15) is 10.2 Å². The van der Waals surface area contributed by atoms with Gasteiger partial charge in [0.25, 0.3) is 0 Å². The molecule has 1 atom stereocenters. The predicted molar refractivity (Wildman–Crippen MR) is 84.7 cm³/mol. The second kappa shape index (κ2) is 7.07. The highest BCUT2D eigenvalue weighted by molar-refractivity contribution is 6.20. The molecular formula is C15H24ClN5. The first-order chi connectivity index (χ1) is 10.1. The van der Waals surface area contributed by atoms with Gasteiger partial charge in [0, 0.05) is 17.8 Å². The van der Waals surface area contributed by atoms with Gasteiger partial charge in [-0.3, -0.25) is 4.68 Å². The third-order valence-electron chi connectivity index (χ3n) is 3.66. The Hall–Kier alpha value is -1.36. The van der Waals surface area contributed by atoms with E-state index in [1.807, 2.05) is 16.3 Å². The number of alkyl halides is 1. The summed E-state index contributed by atoms with van der Waals surface area (Å²) in [7, 11) is 0. The van der Waals surface area contributed by atoms with Crippen molar-refractivity contribution < 1.29 is 0 Å². The van der Waals surface area contributed by atoms with Crippen LogP contribution in [0.1, 0.15) is 62.3 Å². The van der Waals surface area contributed by atoms with Crippen molar-refractivity contribution in [3.63, 3.8) is 0 Å². The molecule has 2 aromatic rings. The smallest absolute Gasteiger partial charge is 0.148 e. The molecule has 0 fully saturated rings. The number of nitrogens with zero attached hydrogens (tertiary/aromatic N) is 5. The first-order valence-corrected chi connectivity index (χ1v) is 8.15. The fourth-order valence-corrected chi connectivity index (χ4v) is 2.98. The van der Waals surface area contributed by atoms with Gasteiger partial charge in [0.1, 0.15) is 18.7 Å². The first kappa shape index (κ1) is 16.0. The lowest BCUT2D eigenvalue weighted by molar-refractivity contribution is 0.529. The molecule has 116 valence electrons. The number of halogens is 1. The van der Waals surface area contributed by atoms with Gasteiger partial charge in [-0.1, -0.05) is 20.8 Å². The molecule has 0 radical (unpaired) electrons. The summed E-state index contributed by atoms with van der Waals surface area (Å²) in [6.45, 7) is 9.96. The zero-order chi connectivity index (χ0) is 15.4. The Bertz CT molecular complexity index is 585. The third-order valence-corrected chi connectivity index (χ3v) is 3.88. The number of rotatable bonds is 7. The van der Waals surface area contributed by atoms with Crippen LogP contribution in [0.15, 0.2) is 6.33 Å². The summed E-state index contributed by atoms with van der Waals surface area (Å²) in [4.78, 5) is 4.37. The van der Waals surface area contributed by atoms with Crippen LogP contribution in [0.5, 0.6) is 0 Å². The van der Waals surface area contributed by atoms with Crippen molar-refractivity contribution in [3.05, 3.63) is 29.1 Å². The summed E-state index contributed by atoms with van der Waals surface area (Å²) in [6.07, 6.45) is 4.47. The van der Waals surface area contributed by atoms with Crippen LogP contribution < -0.4 is 0 Å². The second-order valence-corrected chi connectivity index (χ2v) is 5.84. The molecule has 0 bridgehead atoms. The Labute approximate surface area is 131 Å². The molecule has 0 aliphatic carbocycles. The van der Waals surface area contributed by atoms with E-state index in [0.717, 1.165) is 37.3 Å². The number of aromatic nitrogens is 5. The minimum atomic E-state index is -0.0165. The minimum absolute atomic E-state index is 0.0165. The SMILES string of the molecule is CCCn1ncnc1Cn1nc(CC)c(C(C)Cl)c1CC. The van der Waals surface area contributed by atoms with Gasteiger partial charge < -0.3 is 0 Å². The fraction of sp³-hybridized carbons (Fsp3) is 0.667. The molecule has 6 heteroatoms. The molecule has 5 nitrogen and oxygen atoms in total. The van der Waals surface area contributed by atoms with Crippen LogP contribution >= 0.6 is 11.6 Å². The Kier molecular flexibility index (Phi) is 5.39. The summed E-state index contributed by atoms with van der Waals surface area (Å²) in [5, 5.41) is 9.01. The van der Waals surface area contributed by atoms with E-state index in [2.05, 4.69) is 30.9 Å². The molecule has 2 aromatic heterocycles. The van der Waals surface area contributed by atoms with Crippen molar-refractivity contribution in [1.29, 1.82) is 0 Å². The van der Waals surface area contributed by atoms with E-state index in [-0.39, 0.29) is 5.38 Å². The van der Waals surface area contributed by atoms with Crippen molar-refractivity contribution in [3.8, 4) is 0 Å². The highest BCUT2D eigenvalue weighted by atomic mass is 35.5. The molecular weight excluding hydrogens is 286 g/mol. The average Bonchev–Trinajstić information content (AvgIpc) is 3.04. The van der Waals surface area contributed by atoms with E-state index in [9.17, 15) is 0 Å². The lowest BCUT2D eigenvalue weighted by atomic mass is 10.1. The molecule has 2 heterocycles. The summed E-state index contributed by atoms with van der Waals surface area (Å²) in [6, 6.07) is 0. The third kappa shape index (κ3) is 3.28. The average molecular weight is 310 g/mol. The maximum absolute atomic E-state index is 6.36. The molecule has 1 unspecified atom stereocenters. The quantitative estimate of drug-likeness (QED) is 0.737. The van der Waals surface area contributed by atoms with Gasteiger partial charge in [-0.05, 0) is 26.2 Å². The van der Waals surface area contributed by atoms with Crippen molar-refractivity contribution in [2.45, 2.75) is 65.4 Å². The minimum Gasteiger partial charge on any atom is -0.261 e. The molecule has 21 heavy (non-hydrogen) atoms. The normalized spacial score (nSPS) is 12.8. The van der Waals surface area contributed by atoms with Crippen molar-refractivity contribution in [2.24, 2.45) is 0 Å². The molecule has 2 rings (SSSR count). The molecule has 0 spiro atoms. The number of hydrogen-bond acceptors (Lipinski definition) is 3. The van der Waals surface area contributed by atoms with Gasteiger partial charge >= 0.3 is 0 Å². The van der Waals surface area contributed by atoms with E-state index in [0.29, 0.717) is 6.54 Å². The molecule has 0 saturated carbocycles. The number of hydrogen-bond donors (Lipinski definition) is 0. The molecule has 0 aliphatic rings. The van der Waals surface area contributed by atoms with E-state index in [1.165, 1.54) is 11.3 Å². The van der Waals surface area contributed by atoms with E-state index in [1.54, 1.807) is 6.33 Å². The zero-order valence-electron chi connectivity index (χ0n) is 13.3. The lowest BCUT2D eigenvalue weighted by Gasteiger charge is -2.09. The second-order valence-electron chi connectivity index (χ2n) is 5.19. The standard InChI is InChI=1S/C15H24ClN5/c1-5-8-20-14(17-10-18-20)9-21-13(7-3)15(11(4)16)12(6-2)19-21/h10-11H,5-9H2,1-4H3. The van der Waals surface area contributed by atoms with Gasteiger partial charge in [0.15, 0.2) is 0 Å². The summed E-state index contributed by atoms with van der Waals surface area (Å²) >= 11 is 6.36. The van der Waals surface area contributed by atoms with E-state index in [4.69, 9.17) is 16.7 Å². The van der Waals surface area contributed by atoms with Gasteiger partial charge in [-0.15, -0.1) is 11.6 Å². The maximum Gasteiger partial charge on any atom is 0.148 e. The van der Waals surface area contributed by atoms with Gasteiger partial charge in [0.05, 0.1) is 11.1 Å². The van der Waals surface area contributed by atoms with Crippen molar-refractivity contribution >= 4 is 11.6 Å². The summed E-state index contributed by atoms with van der Waals surface area (Å²) in [5.41, 5.74) is 3.49. The van der Waals surface area contributed by atoms with Crippen LogP contribution in [0.3, 0.4) is 0 Å². The highest BCUT2D eigenvalue weighted by Gasteiger charge is 2.20. The zero-order valence-corrected chi connectivity index (χ0v) is 14.1. The van der Waals surface area contributed by atoms with Crippen LogP contribution in [0.4, 0.5) is 0 Å². The first-order valence-electron chi connectivity index (χ1n) is 7.71. The van der Waals surface area contributed by atoms with Gasteiger partial charge in [0.2, 0.25) is 0 Å². The van der Waals surface area contributed by atoms with E-state index >= 15 is 0 Å². The molecule has 0 aromatic carbocycles. The van der Waals surface area contributed by atoms with Gasteiger partial charge in [-0.25, -0.2) is 9.67 Å². The molecule has 0 saturated heterocycles. The molecule has 0 amide bonds. The Balaban J connectivity index is 2.37. The molecule has 0 N–H and O–H groups in total. The largest absolute Gasteiger partial charge is 0.261 e. The highest BCUT2D eigenvalue weighted by Crippen LogP contribution is 2.28. The fourth-order valence-electron chi connectivity index (χ4n) is 2.73. The number of aryl methyl sites for hydroxylation is 2. The predicted octanol–water partition coefficient (Wildman–Crippen LogP) is 3.36. The Morgan fingerprint density at radius 2 is 1.95 bits per heavy atom.